The summed E-state index contributed by atoms with van der Waals surface area (Å²) in [6.45, 7) is 5.37. The zero-order valence-electron chi connectivity index (χ0n) is 14.7. The number of hydrogen-bond acceptors (Lipinski definition) is 4. The van der Waals surface area contributed by atoms with Crippen molar-refractivity contribution in [3.8, 4) is 5.75 Å². The van der Waals surface area contributed by atoms with Gasteiger partial charge in [-0.2, -0.15) is 0 Å². The lowest BCUT2D eigenvalue weighted by Gasteiger charge is -2.20. The Morgan fingerprint density at radius 2 is 1.88 bits per heavy atom. The molecule has 1 amide bonds. The molecule has 0 aliphatic rings. The van der Waals surface area contributed by atoms with E-state index in [0.717, 1.165) is 10.0 Å². The first kappa shape index (κ1) is 20.4. The fraction of sp³-hybridized carbons (Fsp3) is 0.278. The summed E-state index contributed by atoms with van der Waals surface area (Å²) in [6.07, 6.45) is -0.724. The van der Waals surface area contributed by atoms with Gasteiger partial charge >= 0.3 is 0 Å². The van der Waals surface area contributed by atoms with Gasteiger partial charge in [0.1, 0.15) is 5.75 Å². The number of carbonyl (C=O) groups is 1. The second kappa shape index (κ2) is 8.20. The van der Waals surface area contributed by atoms with E-state index in [1.54, 1.807) is 32.0 Å². The van der Waals surface area contributed by atoms with Crippen LogP contribution in [0.1, 0.15) is 31.0 Å². The number of sulfonamides is 1. The molecule has 0 bridgehead atoms. The minimum atomic E-state index is -3.80. The maximum atomic E-state index is 12.4. The van der Waals surface area contributed by atoms with Crippen LogP contribution < -0.4 is 15.2 Å². The standard InChI is InChI=1S/C18H21BrN2O4S/c1-11-7-8-17(16(19)9-11)25-13(3)18(22)21-12(2)14-5-4-6-15(10-14)26(20,23)24/h4-10,12-13H,1-3H3,(H,21,22)(H2,20,23,24). The van der Waals surface area contributed by atoms with Crippen molar-refractivity contribution in [3.63, 3.8) is 0 Å². The van der Waals surface area contributed by atoms with Crippen LogP contribution in [0, 0.1) is 6.92 Å². The Bertz CT molecular complexity index is 915. The van der Waals surface area contributed by atoms with Gasteiger partial charge in [0.2, 0.25) is 10.0 Å². The summed E-state index contributed by atoms with van der Waals surface area (Å²) >= 11 is 3.41. The molecule has 26 heavy (non-hydrogen) atoms. The summed E-state index contributed by atoms with van der Waals surface area (Å²) < 4.78 is 29.4. The molecule has 0 aliphatic carbocycles. The van der Waals surface area contributed by atoms with Crippen molar-refractivity contribution in [1.82, 2.24) is 5.32 Å². The molecule has 0 saturated carbocycles. The average Bonchev–Trinajstić information content (AvgIpc) is 2.56. The van der Waals surface area contributed by atoms with Gasteiger partial charge in [-0.1, -0.05) is 18.2 Å². The summed E-state index contributed by atoms with van der Waals surface area (Å²) in [7, 11) is -3.80. The third-order valence-electron chi connectivity index (χ3n) is 3.81. The first-order valence-corrected chi connectivity index (χ1v) is 10.3. The molecule has 2 aromatic rings. The van der Waals surface area contributed by atoms with Gasteiger partial charge in [-0.05, 0) is 72.1 Å². The first-order valence-electron chi connectivity index (χ1n) is 7.94. The number of aryl methyl sites for hydroxylation is 1. The van der Waals surface area contributed by atoms with Crippen molar-refractivity contribution >= 4 is 31.9 Å². The molecule has 3 N–H and O–H groups in total. The molecule has 6 nitrogen and oxygen atoms in total. The Hall–Kier alpha value is -1.90. The predicted octanol–water partition coefficient (Wildman–Crippen LogP) is 3.05. The number of benzene rings is 2. The number of halogens is 1. The van der Waals surface area contributed by atoms with E-state index in [1.807, 2.05) is 19.1 Å². The van der Waals surface area contributed by atoms with Crippen LogP contribution in [-0.4, -0.2) is 20.4 Å². The molecular formula is C18H21BrN2O4S. The zero-order valence-corrected chi connectivity index (χ0v) is 17.1. The van der Waals surface area contributed by atoms with Crippen LogP contribution in [0.15, 0.2) is 51.8 Å². The summed E-state index contributed by atoms with van der Waals surface area (Å²) in [5, 5.41) is 7.96. The lowest BCUT2D eigenvalue weighted by atomic mass is 10.1. The third kappa shape index (κ3) is 5.30. The van der Waals surface area contributed by atoms with E-state index in [1.165, 1.54) is 12.1 Å². The number of primary sulfonamides is 1. The maximum absolute atomic E-state index is 12.4. The van der Waals surface area contributed by atoms with Crippen molar-refractivity contribution < 1.29 is 17.9 Å². The normalized spacial score (nSPS) is 13.7. The van der Waals surface area contributed by atoms with Crippen molar-refractivity contribution in [1.29, 1.82) is 0 Å². The molecule has 0 spiro atoms. The van der Waals surface area contributed by atoms with E-state index in [4.69, 9.17) is 9.88 Å². The quantitative estimate of drug-likeness (QED) is 0.720. The van der Waals surface area contributed by atoms with Gasteiger partial charge in [-0.15, -0.1) is 0 Å². The van der Waals surface area contributed by atoms with E-state index >= 15 is 0 Å². The van der Waals surface area contributed by atoms with Crippen LogP contribution in [0.3, 0.4) is 0 Å². The molecule has 0 aromatic heterocycles. The van der Waals surface area contributed by atoms with E-state index in [2.05, 4.69) is 21.2 Å². The molecule has 0 aliphatic heterocycles. The van der Waals surface area contributed by atoms with Gasteiger partial charge in [0.05, 0.1) is 15.4 Å². The second-order valence-electron chi connectivity index (χ2n) is 6.04. The van der Waals surface area contributed by atoms with Crippen LogP contribution in [0.5, 0.6) is 5.75 Å². The molecule has 2 unspecified atom stereocenters. The SMILES string of the molecule is Cc1ccc(OC(C)C(=O)NC(C)c2cccc(S(N)(=O)=O)c2)c(Br)c1. The molecule has 8 heteroatoms. The van der Waals surface area contributed by atoms with Crippen molar-refractivity contribution in [2.24, 2.45) is 5.14 Å². The maximum Gasteiger partial charge on any atom is 0.261 e. The molecule has 0 fully saturated rings. The Balaban J connectivity index is 2.06. The van der Waals surface area contributed by atoms with Crippen LogP contribution >= 0.6 is 15.9 Å². The molecule has 2 aromatic carbocycles. The highest BCUT2D eigenvalue weighted by molar-refractivity contribution is 9.10. The number of amides is 1. The van der Waals surface area contributed by atoms with Crippen LogP contribution in [0.25, 0.3) is 0 Å². The largest absolute Gasteiger partial charge is 0.480 e. The number of hydrogen-bond donors (Lipinski definition) is 2. The van der Waals surface area contributed by atoms with Gasteiger partial charge < -0.3 is 10.1 Å². The summed E-state index contributed by atoms with van der Waals surface area (Å²) in [5.41, 5.74) is 1.71. The molecule has 0 saturated heterocycles. The molecule has 2 rings (SSSR count). The number of ether oxygens (including phenoxy) is 1. The van der Waals surface area contributed by atoms with Crippen molar-refractivity contribution in [3.05, 3.63) is 58.1 Å². The average molecular weight is 441 g/mol. The second-order valence-corrected chi connectivity index (χ2v) is 8.46. The number of carbonyl (C=O) groups excluding carboxylic acids is 1. The highest BCUT2D eigenvalue weighted by atomic mass is 79.9. The number of rotatable bonds is 6. The van der Waals surface area contributed by atoms with E-state index < -0.39 is 22.2 Å². The lowest BCUT2D eigenvalue weighted by Crippen LogP contribution is -2.37. The van der Waals surface area contributed by atoms with E-state index in [9.17, 15) is 13.2 Å². The molecule has 2 atom stereocenters. The highest BCUT2D eigenvalue weighted by Gasteiger charge is 2.19. The molecule has 140 valence electrons. The van der Waals surface area contributed by atoms with Crippen molar-refractivity contribution in [2.75, 3.05) is 0 Å². The topological polar surface area (TPSA) is 98.5 Å². The molecule has 0 radical (unpaired) electrons. The lowest BCUT2D eigenvalue weighted by molar-refractivity contribution is -0.127. The Morgan fingerprint density at radius 1 is 1.19 bits per heavy atom. The Kier molecular flexibility index (Phi) is 6.44. The van der Waals surface area contributed by atoms with Crippen LogP contribution in [0.4, 0.5) is 0 Å². The van der Waals surface area contributed by atoms with E-state index in [0.29, 0.717) is 11.3 Å². The summed E-state index contributed by atoms with van der Waals surface area (Å²) in [4.78, 5) is 12.4. The van der Waals surface area contributed by atoms with Gasteiger partial charge in [-0.3, -0.25) is 4.79 Å². The van der Waals surface area contributed by atoms with Crippen molar-refractivity contribution in [2.45, 2.75) is 37.8 Å². The van der Waals surface area contributed by atoms with Crippen LogP contribution in [-0.2, 0) is 14.8 Å². The summed E-state index contributed by atoms with van der Waals surface area (Å²) in [5.74, 6) is 0.258. The van der Waals surface area contributed by atoms with Crippen LogP contribution in [0.2, 0.25) is 0 Å². The molecule has 0 heterocycles. The Morgan fingerprint density at radius 3 is 2.50 bits per heavy atom. The highest BCUT2D eigenvalue weighted by Crippen LogP contribution is 2.27. The molecular weight excluding hydrogens is 420 g/mol. The predicted molar refractivity (Wildman–Crippen MR) is 103 cm³/mol. The fourth-order valence-electron chi connectivity index (χ4n) is 2.32. The minimum Gasteiger partial charge on any atom is -0.480 e. The Labute approximate surface area is 161 Å². The summed E-state index contributed by atoms with van der Waals surface area (Å²) in [6, 6.07) is 11.4. The zero-order chi connectivity index (χ0) is 19.5. The van der Waals surface area contributed by atoms with Gasteiger partial charge in [0.15, 0.2) is 6.10 Å². The number of nitrogens with two attached hydrogens (primary N) is 1. The fourth-order valence-corrected chi connectivity index (χ4v) is 3.48. The third-order valence-corrected chi connectivity index (χ3v) is 5.34. The monoisotopic (exact) mass is 440 g/mol. The van der Waals surface area contributed by atoms with Gasteiger partial charge in [-0.25, -0.2) is 13.6 Å². The van der Waals surface area contributed by atoms with Gasteiger partial charge in [0, 0.05) is 0 Å². The smallest absolute Gasteiger partial charge is 0.261 e. The van der Waals surface area contributed by atoms with Gasteiger partial charge in [0.25, 0.3) is 5.91 Å². The number of nitrogens with one attached hydrogen (secondary N) is 1. The van der Waals surface area contributed by atoms with E-state index in [-0.39, 0.29) is 10.8 Å². The minimum absolute atomic E-state index is 0.00369. The first-order chi connectivity index (χ1) is 12.1.